The second-order valence-electron chi connectivity index (χ2n) is 8.99. The molecule has 7 nitrogen and oxygen atoms in total. The van der Waals surface area contributed by atoms with E-state index >= 15 is 0 Å². The maximum absolute atomic E-state index is 13.4. The summed E-state index contributed by atoms with van der Waals surface area (Å²) in [6.45, 7) is 6.61. The van der Waals surface area contributed by atoms with Crippen molar-refractivity contribution < 1.29 is 4.74 Å². The van der Waals surface area contributed by atoms with Crippen LogP contribution in [0, 0.1) is 13.8 Å². The third-order valence-electron chi connectivity index (χ3n) is 6.37. The Labute approximate surface area is 223 Å². The molecule has 0 radical (unpaired) electrons. The van der Waals surface area contributed by atoms with Crippen LogP contribution < -0.4 is 14.8 Å². The molecule has 6 rings (SSSR count). The normalized spacial score (nSPS) is 11.9. The minimum atomic E-state index is -0.196. The molecule has 0 aliphatic carbocycles. The van der Waals surface area contributed by atoms with E-state index in [-0.39, 0.29) is 5.56 Å². The molecule has 0 spiro atoms. The van der Waals surface area contributed by atoms with Crippen LogP contribution in [0.25, 0.3) is 39.4 Å². The minimum absolute atomic E-state index is 0.196. The molecular weight excluding hydrogens is 494 g/mol. The third kappa shape index (κ3) is 4.29. The lowest BCUT2D eigenvalue weighted by atomic mass is 10.0. The van der Waals surface area contributed by atoms with Crippen molar-refractivity contribution in [3.63, 3.8) is 0 Å². The predicted octanol–water partition coefficient (Wildman–Crippen LogP) is 5.23. The van der Waals surface area contributed by atoms with Gasteiger partial charge < -0.3 is 4.74 Å². The Bertz CT molecular complexity index is 1890. The Morgan fingerprint density at radius 1 is 0.947 bits per heavy atom. The van der Waals surface area contributed by atoms with Gasteiger partial charge in [-0.25, -0.2) is 4.68 Å². The van der Waals surface area contributed by atoms with Gasteiger partial charge in [-0.1, -0.05) is 53.8 Å². The van der Waals surface area contributed by atoms with E-state index in [2.05, 4.69) is 16.1 Å². The van der Waals surface area contributed by atoms with Crippen LogP contribution in [0.5, 0.6) is 5.75 Å². The fourth-order valence-corrected chi connectivity index (χ4v) is 5.36. The molecule has 0 atom stereocenters. The fraction of sp³-hybridized carbons (Fsp3) is 0.133. The zero-order chi connectivity index (χ0) is 26.2. The first-order valence-electron chi connectivity index (χ1n) is 12.4. The lowest BCUT2D eigenvalue weighted by Crippen LogP contribution is -2.23. The van der Waals surface area contributed by atoms with Gasteiger partial charge >= 0.3 is 0 Å². The molecule has 188 valence electrons. The number of aryl methyl sites for hydroxylation is 2. The molecule has 6 aromatic rings. The van der Waals surface area contributed by atoms with Gasteiger partial charge in [0.1, 0.15) is 11.4 Å². The second-order valence-corrected chi connectivity index (χ2v) is 10.00. The molecule has 38 heavy (non-hydrogen) atoms. The topological polar surface area (TPSA) is 74.3 Å². The Balaban J connectivity index is 1.48. The van der Waals surface area contributed by atoms with Crippen molar-refractivity contribution in [3.8, 4) is 34.1 Å². The summed E-state index contributed by atoms with van der Waals surface area (Å²) in [6, 6.07) is 23.9. The summed E-state index contributed by atoms with van der Waals surface area (Å²) in [7, 11) is 0. The SMILES string of the molecule is CCOc1ccc(-c2nn(-c3ccccc3)cc2/C=c2\sc3nc(-c4ccccc4C)nn3c2=O)cc1C. The summed E-state index contributed by atoms with van der Waals surface area (Å²) in [4.78, 5) is 18.6. The van der Waals surface area contributed by atoms with Crippen LogP contribution in [0.2, 0.25) is 0 Å². The summed E-state index contributed by atoms with van der Waals surface area (Å²) in [5.41, 5.74) is 6.30. The van der Waals surface area contributed by atoms with Crippen molar-refractivity contribution in [2.75, 3.05) is 6.61 Å². The van der Waals surface area contributed by atoms with Crippen LogP contribution in [0.4, 0.5) is 0 Å². The van der Waals surface area contributed by atoms with E-state index in [1.54, 1.807) is 0 Å². The van der Waals surface area contributed by atoms with E-state index in [0.29, 0.717) is 21.9 Å². The third-order valence-corrected chi connectivity index (χ3v) is 7.33. The van der Waals surface area contributed by atoms with Crippen molar-refractivity contribution >= 4 is 22.4 Å². The number of para-hydroxylation sites is 1. The van der Waals surface area contributed by atoms with Crippen LogP contribution in [-0.4, -0.2) is 31.0 Å². The number of fused-ring (bicyclic) bond motifs is 1. The average molecular weight is 520 g/mol. The Morgan fingerprint density at radius 2 is 1.74 bits per heavy atom. The quantitative estimate of drug-likeness (QED) is 0.301. The predicted molar refractivity (Wildman–Crippen MR) is 151 cm³/mol. The average Bonchev–Trinajstić information content (AvgIpc) is 3.61. The Hall–Kier alpha value is -4.56. The van der Waals surface area contributed by atoms with E-state index in [9.17, 15) is 4.79 Å². The van der Waals surface area contributed by atoms with Crippen molar-refractivity contribution in [2.24, 2.45) is 0 Å². The number of rotatable bonds is 6. The monoisotopic (exact) mass is 519 g/mol. The largest absolute Gasteiger partial charge is 0.494 e. The van der Waals surface area contributed by atoms with Crippen molar-refractivity contribution in [1.29, 1.82) is 0 Å². The molecule has 0 saturated carbocycles. The molecule has 0 N–H and O–H groups in total. The van der Waals surface area contributed by atoms with Gasteiger partial charge in [0.15, 0.2) is 5.82 Å². The van der Waals surface area contributed by atoms with Crippen molar-refractivity contribution in [2.45, 2.75) is 20.8 Å². The maximum atomic E-state index is 13.4. The van der Waals surface area contributed by atoms with Gasteiger partial charge in [-0.05, 0) is 68.3 Å². The van der Waals surface area contributed by atoms with Gasteiger partial charge in [0.25, 0.3) is 5.56 Å². The molecule has 0 bridgehead atoms. The van der Waals surface area contributed by atoms with E-state index in [0.717, 1.165) is 44.9 Å². The van der Waals surface area contributed by atoms with Gasteiger partial charge in [-0.2, -0.15) is 14.6 Å². The van der Waals surface area contributed by atoms with Gasteiger partial charge in [-0.3, -0.25) is 4.79 Å². The van der Waals surface area contributed by atoms with Gasteiger partial charge in [0.2, 0.25) is 4.96 Å². The van der Waals surface area contributed by atoms with Gasteiger partial charge in [0.05, 0.1) is 16.8 Å². The second kappa shape index (κ2) is 9.72. The molecule has 0 saturated heterocycles. The number of ether oxygens (including phenoxy) is 1. The molecular formula is C30H25N5O2S. The van der Waals surface area contributed by atoms with E-state index in [1.165, 1.54) is 15.9 Å². The van der Waals surface area contributed by atoms with Crippen LogP contribution in [0.1, 0.15) is 23.6 Å². The first-order valence-corrected chi connectivity index (χ1v) is 13.2. The summed E-state index contributed by atoms with van der Waals surface area (Å²) in [5, 5.41) is 9.43. The van der Waals surface area contributed by atoms with E-state index < -0.39 is 0 Å². The fourth-order valence-electron chi connectivity index (χ4n) is 4.46. The molecule has 0 aliphatic heterocycles. The van der Waals surface area contributed by atoms with Crippen LogP contribution in [0.3, 0.4) is 0 Å². The molecule has 3 aromatic heterocycles. The highest BCUT2D eigenvalue weighted by Gasteiger charge is 2.16. The highest BCUT2D eigenvalue weighted by molar-refractivity contribution is 7.15. The first-order chi connectivity index (χ1) is 18.5. The Kier molecular flexibility index (Phi) is 6.09. The van der Waals surface area contributed by atoms with Gasteiger partial charge in [0, 0.05) is 22.9 Å². The van der Waals surface area contributed by atoms with E-state index in [4.69, 9.17) is 9.84 Å². The zero-order valence-corrected chi connectivity index (χ0v) is 22.1. The van der Waals surface area contributed by atoms with Crippen molar-refractivity contribution in [3.05, 3.63) is 111 Å². The summed E-state index contributed by atoms with van der Waals surface area (Å²) in [6.07, 6.45) is 3.83. The number of benzene rings is 3. The maximum Gasteiger partial charge on any atom is 0.291 e. The molecule has 3 aromatic carbocycles. The summed E-state index contributed by atoms with van der Waals surface area (Å²) in [5.74, 6) is 1.40. The lowest BCUT2D eigenvalue weighted by Gasteiger charge is -2.08. The molecule has 0 aliphatic rings. The number of thiazole rings is 1. The standard InChI is InChI=1S/C30H25N5O2S/c1-4-37-25-15-14-21(16-20(25)3)27-22(18-34(32-27)23-11-6-5-7-12-23)17-26-29(36)35-30(38-26)31-28(33-35)24-13-9-8-10-19(24)2/h5-18H,4H2,1-3H3/b26-17-. The highest BCUT2D eigenvalue weighted by atomic mass is 32.1. The number of hydrogen-bond acceptors (Lipinski definition) is 6. The van der Waals surface area contributed by atoms with Gasteiger partial charge in [-0.15, -0.1) is 5.10 Å². The zero-order valence-electron chi connectivity index (χ0n) is 21.3. The van der Waals surface area contributed by atoms with Crippen LogP contribution in [0.15, 0.2) is 83.8 Å². The molecule has 3 heterocycles. The number of hydrogen-bond donors (Lipinski definition) is 0. The van der Waals surface area contributed by atoms with Crippen LogP contribution >= 0.6 is 11.3 Å². The van der Waals surface area contributed by atoms with E-state index in [1.807, 2.05) is 104 Å². The molecule has 0 amide bonds. The summed E-state index contributed by atoms with van der Waals surface area (Å²) < 4.78 is 9.50. The minimum Gasteiger partial charge on any atom is -0.494 e. The highest BCUT2D eigenvalue weighted by Crippen LogP contribution is 2.29. The van der Waals surface area contributed by atoms with Crippen molar-refractivity contribution in [1.82, 2.24) is 24.4 Å². The first kappa shape index (κ1) is 23.8. The number of nitrogens with zero attached hydrogens (tertiary/aromatic N) is 5. The molecule has 0 unspecified atom stereocenters. The molecule has 8 heteroatoms. The van der Waals surface area contributed by atoms with Crippen LogP contribution in [-0.2, 0) is 0 Å². The molecule has 0 fully saturated rings. The summed E-state index contributed by atoms with van der Waals surface area (Å²) >= 11 is 1.33. The number of aromatic nitrogens is 5. The Morgan fingerprint density at radius 3 is 2.47 bits per heavy atom. The lowest BCUT2D eigenvalue weighted by molar-refractivity contribution is 0.338. The smallest absolute Gasteiger partial charge is 0.291 e.